The molecule has 0 amide bonds. The molecule has 0 aromatic heterocycles. The van der Waals surface area contributed by atoms with E-state index in [1.54, 1.807) is 0 Å². The Kier molecular flexibility index (Phi) is 6.96. The number of hydrogen-bond acceptors (Lipinski definition) is 4. The zero-order valence-electron chi connectivity index (χ0n) is 13.7. The number of nitrogens with one attached hydrogen (secondary N) is 1. The quantitative estimate of drug-likeness (QED) is 0.495. The number of esters is 1. The van der Waals surface area contributed by atoms with Crippen LogP contribution in [0.25, 0.3) is 0 Å². The Labute approximate surface area is 123 Å². The van der Waals surface area contributed by atoms with Gasteiger partial charge in [0.2, 0.25) is 0 Å². The predicted molar refractivity (Wildman–Crippen MR) is 80.6 cm³/mol. The third-order valence-electron chi connectivity index (χ3n) is 3.77. The molecule has 1 unspecified atom stereocenters. The van der Waals surface area contributed by atoms with Gasteiger partial charge in [0.15, 0.2) is 0 Å². The molecule has 1 N–H and O–H groups in total. The molecule has 0 aromatic carbocycles. The Morgan fingerprint density at radius 3 is 2.40 bits per heavy atom. The molecule has 118 valence electrons. The van der Waals surface area contributed by atoms with Gasteiger partial charge in [0.25, 0.3) is 0 Å². The first-order valence-electron chi connectivity index (χ1n) is 7.86. The van der Waals surface area contributed by atoms with Crippen molar-refractivity contribution < 1.29 is 14.3 Å². The summed E-state index contributed by atoms with van der Waals surface area (Å²) in [4.78, 5) is 12.3. The zero-order chi connectivity index (χ0) is 15.2. The highest BCUT2D eigenvalue weighted by Gasteiger charge is 2.52. The topological polar surface area (TPSA) is 47.6 Å². The maximum Gasteiger partial charge on any atom is 0.328 e. The van der Waals surface area contributed by atoms with Crippen LogP contribution in [0.1, 0.15) is 53.4 Å². The van der Waals surface area contributed by atoms with Crippen LogP contribution in [0.15, 0.2) is 0 Å². The fraction of sp³-hybridized carbons (Fsp3) is 0.938. The molecule has 0 aliphatic heterocycles. The van der Waals surface area contributed by atoms with Gasteiger partial charge in [-0.15, -0.1) is 0 Å². The van der Waals surface area contributed by atoms with E-state index < -0.39 is 5.54 Å². The fourth-order valence-electron chi connectivity index (χ4n) is 2.66. The Morgan fingerprint density at radius 1 is 1.30 bits per heavy atom. The smallest absolute Gasteiger partial charge is 0.328 e. The standard InChI is InChI=1S/C16H31NO3/c1-12(2)7-6-10-20-11-16(14-8-9-14,15(18)19-5)17-13(3)4/h12-14,17H,6-11H2,1-5H3. The molecule has 1 aliphatic carbocycles. The van der Waals surface area contributed by atoms with Crippen LogP contribution >= 0.6 is 0 Å². The van der Waals surface area contributed by atoms with E-state index in [9.17, 15) is 4.79 Å². The van der Waals surface area contributed by atoms with Crippen molar-refractivity contribution in [2.24, 2.45) is 11.8 Å². The van der Waals surface area contributed by atoms with Crippen LogP contribution in [0, 0.1) is 11.8 Å². The second kappa shape index (κ2) is 7.99. The minimum atomic E-state index is -0.652. The van der Waals surface area contributed by atoms with Crippen molar-refractivity contribution in [1.82, 2.24) is 5.32 Å². The monoisotopic (exact) mass is 285 g/mol. The summed E-state index contributed by atoms with van der Waals surface area (Å²) in [6.45, 7) is 9.66. The molecule has 4 nitrogen and oxygen atoms in total. The van der Waals surface area contributed by atoms with E-state index in [1.807, 2.05) is 0 Å². The lowest BCUT2D eigenvalue weighted by molar-refractivity contribution is -0.153. The first-order valence-corrected chi connectivity index (χ1v) is 7.86. The van der Waals surface area contributed by atoms with Crippen LogP contribution in [-0.2, 0) is 14.3 Å². The summed E-state index contributed by atoms with van der Waals surface area (Å²) in [7, 11) is 1.46. The third-order valence-corrected chi connectivity index (χ3v) is 3.77. The summed E-state index contributed by atoms with van der Waals surface area (Å²) in [6.07, 6.45) is 4.35. The van der Waals surface area contributed by atoms with Crippen molar-refractivity contribution in [3.63, 3.8) is 0 Å². The normalized spacial score (nSPS) is 18.4. The van der Waals surface area contributed by atoms with Gasteiger partial charge in [0.1, 0.15) is 5.54 Å². The summed E-state index contributed by atoms with van der Waals surface area (Å²) in [5, 5.41) is 3.41. The van der Waals surface area contributed by atoms with E-state index in [2.05, 4.69) is 33.0 Å². The predicted octanol–water partition coefficient (Wildman–Crippen LogP) is 2.76. The molecule has 1 rings (SSSR count). The van der Waals surface area contributed by atoms with Crippen molar-refractivity contribution in [1.29, 1.82) is 0 Å². The van der Waals surface area contributed by atoms with E-state index >= 15 is 0 Å². The molecule has 1 aliphatic rings. The lowest BCUT2D eigenvalue weighted by Gasteiger charge is -2.34. The maximum atomic E-state index is 12.3. The molecule has 0 radical (unpaired) electrons. The molecular formula is C16H31NO3. The van der Waals surface area contributed by atoms with Gasteiger partial charge in [0.05, 0.1) is 13.7 Å². The molecule has 1 fully saturated rings. The average molecular weight is 285 g/mol. The Hall–Kier alpha value is -0.610. The van der Waals surface area contributed by atoms with Gasteiger partial charge >= 0.3 is 5.97 Å². The second-order valence-electron chi connectivity index (χ2n) is 6.62. The molecule has 4 heteroatoms. The molecule has 20 heavy (non-hydrogen) atoms. The molecule has 0 heterocycles. The molecule has 0 saturated heterocycles. The molecular weight excluding hydrogens is 254 g/mol. The van der Waals surface area contributed by atoms with Gasteiger partial charge < -0.3 is 9.47 Å². The van der Waals surface area contributed by atoms with Crippen molar-refractivity contribution in [2.75, 3.05) is 20.3 Å². The molecule has 0 bridgehead atoms. The van der Waals surface area contributed by atoms with Crippen molar-refractivity contribution in [3.05, 3.63) is 0 Å². The van der Waals surface area contributed by atoms with Crippen LogP contribution in [0.2, 0.25) is 0 Å². The Morgan fingerprint density at radius 2 is 1.95 bits per heavy atom. The summed E-state index contributed by atoms with van der Waals surface area (Å²) in [5.41, 5.74) is -0.652. The molecule has 0 spiro atoms. The lowest BCUT2D eigenvalue weighted by atomic mass is 9.93. The Bertz CT molecular complexity index is 300. The van der Waals surface area contributed by atoms with Crippen LogP contribution in [0.3, 0.4) is 0 Å². The van der Waals surface area contributed by atoms with Crippen molar-refractivity contribution in [3.8, 4) is 0 Å². The average Bonchev–Trinajstić information content (AvgIpc) is 3.19. The van der Waals surface area contributed by atoms with E-state index in [1.165, 1.54) is 7.11 Å². The van der Waals surface area contributed by atoms with Gasteiger partial charge in [-0.2, -0.15) is 0 Å². The summed E-state index contributed by atoms with van der Waals surface area (Å²) in [6, 6.07) is 0.231. The fourth-order valence-corrected chi connectivity index (χ4v) is 2.66. The molecule has 1 saturated carbocycles. The van der Waals surface area contributed by atoms with Crippen LogP contribution in [0.4, 0.5) is 0 Å². The minimum absolute atomic E-state index is 0.183. The van der Waals surface area contributed by atoms with Gasteiger partial charge in [-0.3, -0.25) is 5.32 Å². The first-order chi connectivity index (χ1) is 9.42. The highest BCUT2D eigenvalue weighted by molar-refractivity contribution is 5.82. The van der Waals surface area contributed by atoms with Gasteiger partial charge in [-0.1, -0.05) is 13.8 Å². The van der Waals surface area contributed by atoms with E-state index in [4.69, 9.17) is 9.47 Å². The number of rotatable bonds is 10. The highest BCUT2D eigenvalue weighted by Crippen LogP contribution is 2.41. The molecule has 1 atom stereocenters. The highest BCUT2D eigenvalue weighted by atomic mass is 16.5. The van der Waals surface area contributed by atoms with Gasteiger partial charge in [-0.05, 0) is 51.4 Å². The third kappa shape index (κ3) is 5.06. The minimum Gasteiger partial charge on any atom is -0.468 e. The van der Waals surface area contributed by atoms with E-state index in [0.29, 0.717) is 25.0 Å². The van der Waals surface area contributed by atoms with Crippen LogP contribution in [0.5, 0.6) is 0 Å². The van der Waals surface area contributed by atoms with E-state index in [0.717, 1.165) is 25.7 Å². The number of methoxy groups -OCH3 is 1. The van der Waals surface area contributed by atoms with Crippen molar-refractivity contribution >= 4 is 5.97 Å². The number of hydrogen-bond donors (Lipinski definition) is 1. The second-order valence-corrected chi connectivity index (χ2v) is 6.62. The first kappa shape index (κ1) is 17.4. The van der Waals surface area contributed by atoms with E-state index in [-0.39, 0.29) is 12.0 Å². The number of carbonyl (C=O) groups is 1. The maximum absolute atomic E-state index is 12.3. The van der Waals surface area contributed by atoms with Crippen LogP contribution in [-0.4, -0.2) is 37.9 Å². The van der Waals surface area contributed by atoms with Crippen molar-refractivity contribution in [2.45, 2.75) is 65.0 Å². The summed E-state index contributed by atoms with van der Waals surface area (Å²) in [5.74, 6) is 0.862. The van der Waals surface area contributed by atoms with Crippen LogP contribution < -0.4 is 5.32 Å². The van der Waals surface area contributed by atoms with Gasteiger partial charge in [0, 0.05) is 12.6 Å². The molecule has 0 aromatic rings. The lowest BCUT2D eigenvalue weighted by Crippen LogP contribution is -2.60. The largest absolute Gasteiger partial charge is 0.468 e. The Balaban J connectivity index is 2.55. The SMILES string of the molecule is COC(=O)C(COCCCC(C)C)(NC(C)C)C1CC1. The van der Waals surface area contributed by atoms with Gasteiger partial charge in [-0.25, -0.2) is 4.79 Å². The summed E-state index contributed by atoms with van der Waals surface area (Å²) < 4.78 is 10.8. The summed E-state index contributed by atoms with van der Waals surface area (Å²) >= 11 is 0. The zero-order valence-corrected chi connectivity index (χ0v) is 13.7. The number of ether oxygens (including phenoxy) is 2. The number of carbonyl (C=O) groups excluding carboxylic acids is 1.